The van der Waals surface area contributed by atoms with E-state index in [1.54, 1.807) is 42.5 Å². The van der Waals surface area contributed by atoms with Gasteiger partial charge < -0.3 is 10.1 Å². The van der Waals surface area contributed by atoms with Crippen molar-refractivity contribution >= 4 is 54.8 Å². The van der Waals surface area contributed by atoms with Crippen LogP contribution < -0.4 is 20.1 Å². The highest BCUT2D eigenvalue weighted by Gasteiger charge is 2.54. The topological polar surface area (TPSA) is 177 Å². The van der Waals surface area contributed by atoms with E-state index in [4.69, 9.17) is 4.74 Å². The summed E-state index contributed by atoms with van der Waals surface area (Å²) in [6.07, 6.45) is 1.77. The summed E-state index contributed by atoms with van der Waals surface area (Å²) in [5.41, 5.74) is -0.147. The van der Waals surface area contributed by atoms with Gasteiger partial charge in [0.25, 0.3) is 10.0 Å². The van der Waals surface area contributed by atoms with Gasteiger partial charge in [-0.3, -0.25) is 24.4 Å². The molecule has 0 radical (unpaired) electrons. The third-order valence-electron chi connectivity index (χ3n) is 7.92. The molecule has 1 heterocycles. The molecule has 0 aromatic heterocycles. The molecule has 248 valence electrons. The number of rotatable bonds is 9. The van der Waals surface area contributed by atoms with Crippen LogP contribution in [0, 0.1) is 11.3 Å². The van der Waals surface area contributed by atoms with Crippen LogP contribution in [0.2, 0.25) is 0 Å². The SMILES string of the molecule is CC(=O)Oc1cccc(CNC2(CCC(C)(C)C)C(=O)C(C3=NS(=O)(=O)c4cc(NS(C)(=O)=O)ccc4N3)C(=O)c3ccccc32)c1. The number of carbonyl (C=O) groups excluding carboxylic acids is 3. The van der Waals surface area contributed by atoms with Crippen LogP contribution >= 0.6 is 0 Å². The number of esters is 1. The summed E-state index contributed by atoms with van der Waals surface area (Å²) in [6.45, 7) is 7.56. The van der Waals surface area contributed by atoms with Gasteiger partial charge in [0.1, 0.15) is 27.9 Å². The summed E-state index contributed by atoms with van der Waals surface area (Å²) >= 11 is 0. The summed E-state index contributed by atoms with van der Waals surface area (Å²) in [7, 11) is -8.16. The maximum atomic E-state index is 14.9. The Kier molecular flexibility index (Phi) is 8.90. The second-order valence-corrected chi connectivity index (χ2v) is 16.3. The van der Waals surface area contributed by atoms with E-state index in [9.17, 15) is 31.2 Å². The number of ketones is 2. The minimum Gasteiger partial charge on any atom is -0.427 e. The van der Waals surface area contributed by atoms with Crippen molar-refractivity contribution in [3.63, 3.8) is 0 Å². The van der Waals surface area contributed by atoms with Crippen LogP contribution in [0.5, 0.6) is 5.75 Å². The lowest BCUT2D eigenvalue weighted by Crippen LogP contribution is -2.59. The molecule has 5 rings (SSSR count). The monoisotopic (exact) mass is 680 g/mol. The highest BCUT2D eigenvalue weighted by atomic mass is 32.2. The normalized spacial score (nSPS) is 20.4. The molecule has 14 heteroatoms. The summed E-state index contributed by atoms with van der Waals surface area (Å²) in [5.74, 6) is -3.25. The Labute approximate surface area is 274 Å². The molecule has 2 unspecified atom stereocenters. The zero-order valence-corrected chi connectivity index (χ0v) is 28.2. The van der Waals surface area contributed by atoms with Crippen LogP contribution in [0.4, 0.5) is 11.4 Å². The Morgan fingerprint density at radius 3 is 2.45 bits per heavy atom. The minimum absolute atomic E-state index is 0.0113. The third-order valence-corrected chi connectivity index (χ3v) is 9.86. The van der Waals surface area contributed by atoms with Crippen molar-refractivity contribution in [2.45, 2.75) is 57.5 Å². The fourth-order valence-electron chi connectivity index (χ4n) is 5.78. The average molecular weight is 681 g/mol. The number of carbonyl (C=O) groups is 3. The van der Waals surface area contributed by atoms with Gasteiger partial charge in [0.05, 0.1) is 11.9 Å². The second-order valence-electron chi connectivity index (χ2n) is 12.9. The van der Waals surface area contributed by atoms with Crippen molar-refractivity contribution in [2.75, 3.05) is 16.3 Å². The zero-order valence-electron chi connectivity index (χ0n) is 26.6. The molecule has 0 bridgehead atoms. The maximum absolute atomic E-state index is 14.9. The molecule has 0 saturated carbocycles. The van der Waals surface area contributed by atoms with Gasteiger partial charge in [-0.2, -0.15) is 8.42 Å². The molecule has 1 aliphatic heterocycles. The summed E-state index contributed by atoms with van der Waals surface area (Å²) in [6, 6.07) is 17.4. The number of amidine groups is 1. The molecular weight excluding hydrogens is 645 g/mol. The molecule has 0 fully saturated rings. The average Bonchev–Trinajstić information content (AvgIpc) is 2.96. The molecule has 0 amide bonds. The van der Waals surface area contributed by atoms with Crippen LogP contribution in [0.25, 0.3) is 0 Å². The van der Waals surface area contributed by atoms with Gasteiger partial charge in [-0.25, -0.2) is 8.42 Å². The smallest absolute Gasteiger partial charge is 0.308 e. The lowest BCUT2D eigenvalue weighted by Gasteiger charge is -2.43. The van der Waals surface area contributed by atoms with E-state index in [0.717, 1.165) is 12.3 Å². The highest BCUT2D eigenvalue weighted by molar-refractivity contribution is 7.92. The van der Waals surface area contributed by atoms with E-state index in [-0.39, 0.29) is 46.0 Å². The first kappa shape index (κ1) is 33.9. The fraction of sp³-hybridized carbons (Fsp3) is 0.333. The van der Waals surface area contributed by atoms with Crippen LogP contribution in [0.15, 0.2) is 76.0 Å². The number of hydrogen-bond donors (Lipinski definition) is 3. The summed E-state index contributed by atoms with van der Waals surface area (Å²) < 4.78 is 61.8. The second kappa shape index (κ2) is 12.3. The van der Waals surface area contributed by atoms with Crippen molar-refractivity contribution in [1.82, 2.24) is 5.32 Å². The van der Waals surface area contributed by atoms with Gasteiger partial charge in [-0.05, 0) is 59.7 Å². The van der Waals surface area contributed by atoms with Gasteiger partial charge in [0.15, 0.2) is 11.6 Å². The number of nitrogens with one attached hydrogen (secondary N) is 3. The van der Waals surface area contributed by atoms with Crippen molar-refractivity contribution in [3.05, 3.63) is 83.4 Å². The van der Waals surface area contributed by atoms with Crippen molar-refractivity contribution in [3.8, 4) is 5.75 Å². The molecule has 2 atom stereocenters. The highest BCUT2D eigenvalue weighted by Crippen LogP contribution is 2.43. The molecule has 3 N–H and O–H groups in total. The number of hydrogen-bond acceptors (Lipinski definition) is 10. The first-order valence-electron chi connectivity index (χ1n) is 14.8. The third kappa shape index (κ3) is 7.29. The summed E-state index contributed by atoms with van der Waals surface area (Å²) in [5, 5.41) is 6.32. The molecule has 1 aliphatic carbocycles. The van der Waals surface area contributed by atoms with Crippen LogP contribution in [-0.4, -0.2) is 46.5 Å². The molecule has 3 aromatic carbocycles. The number of fused-ring (bicyclic) bond motifs is 2. The van der Waals surface area contributed by atoms with Crippen LogP contribution in [0.1, 0.15) is 62.0 Å². The van der Waals surface area contributed by atoms with E-state index in [2.05, 4.69) is 19.8 Å². The van der Waals surface area contributed by atoms with Crippen molar-refractivity contribution in [2.24, 2.45) is 15.7 Å². The summed E-state index contributed by atoms with van der Waals surface area (Å²) in [4.78, 5) is 40.2. The largest absolute Gasteiger partial charge is 0.427 e. The number of benzene rings is 3. The fourth-order valence-corrected chi connectivity index (χ4v) is 7.52. The van der Waals surface area contributed by atoms with Gasteiger partial charge in [-0.1, -0.05) is 57.2 Å². The van der Waals surface area contributed by atoms with Gasteiger partial charge in [0, 0.05) is 24.7 Å². The van der Waals surface area contributed by atoms with Crippen LogP contribution in [0.3, 0.4) is 0 Å². The standard InChI is InChI=1S/C33H36N4O8S2/c1-20(38)45-23-10-8-9-21(17-23)19-34-33(16-15-32(2,3)4)25-12-7-6-11-24(25)29(39)28(30(33)40)31-35-26-14-13-22(36-46(5,41)42)18-27(26)47(43,44)37-31/h6-14,17-18,28,34,36H,15-16,19H2,1-5H3,(H,35,37). The molecule has 3 aromatic rings. The lowest BCUT2D eigenvalue weighted by atomic mass is 9.66. The van der Waals surface area contributed by atoms with E-state index in [0.29, 0.717) is 23.3 Å². The van der Waals surface area contributed by atoms with E-state index >= 15 is 0 Å². The minimum atomic E-state index is -4.46. The van der Waals surface area contributed by atoms with E-state index < -0.39 is 49.0 Å². The predicted molar refractivity (Wildman–Crippen MR) is 177 cm³/mol. The maximum Gasteiger partial charge on any atom is 0.308 e. The van der Waals surface area contributed by atoms with Crippen molar-refractivity contribution < 1.29 is 36.0 Å². The molecule has 0 saturated heterocycles. The number of nitrogens with zero attached hydrogens (tertiary/aromatic N) is 1. The van der Waals surface area contributed by atoms with Gasteiger partial charge in [0.2, 0.25) is 10.0 Å². The molecule has 2 aliphatic rings. The number of anilines is 2. The zero-order chi connectivity index (χ0) is 34.4. The molecule has 47 heavy (non-hydrogen) atoms. The van der Waals surface area contributed by atoms with Gasteiger partial charge in [-0.15, -0.1) is 4.40 Å². The van der Waals surface area contributed by atoms with E-state index in [1.807, 2.05) is 26.8 Å². The van der Waals surface area contributed by atoms with E-state index in [1.165, 1.54) is 19.1 Å². The van der Waals surface area contributed by atoms with Crippen LogP contribution in [-0.2, 0) is 41.7 Å². The Morgan fingerprint density at radius 1 is 1.04 bits per heavy atom. The Hall–Kier alpha value is -4.40. The first-order valence-corrected chi connectivity index (χ1v) is 18.2. The number of ether oxygens (including phenoxy) is 1. The Morgan fingerprint density at radius 2 is 1.77 bits per heavy atom. The quantitative estimate of drug-likeness (QED) is 0.167. The predicted octanol–water partition coefficient (Wildman–Crippen LogP) is 4.39. The molecule has 0 spiro atoms. The number of sulfonamides is 2. The molecule has 12 nitrogen and oxygen atoms in total. The first-order chi connectivity index (χ1) is 21.9. The van der Waals surface area contributed by atoms with Gasteiger partial charge >= 0.3 is 5.97 Å². The Balaban J connectivity index is 1.60. The Bertz CT molecular complexity index is 2030. The van der Waals surface area contributed by atoms with Crippen molar-refractivity contribution in [1.29, 1.82) is 0 Å². The number of Topliss-reactive ketones (excluding diaryl/α,β-unsaturated/α-hetero) is 2. The lowest BCUT2D eigenvalue weighted by molar-refractivity contribution is -0.132. The molecular formula is C33H36N4O8S2.